The molecule has 1 unspecified atom stereocenters. The number of halogens is 1. The van der Waals surface area contributed by atoms with Gasteiger partial charge in [0.1, 0.15) is 0 Å². The Bertz CT molecular complexity index is 412. The molecule has 4 nitrogen and oxygen atoms in total. The van der Waals surface area contributed by atoms with Gasteiger partial charge in [0.2, 0.25) is 0 Å². The number of benzene rings is 1. The first-order valence-electron chi connectivity index (χ1n) is 7.42. The minimum atomic E-state index is 0. The van der Waals surface area contributed by atoms with E-state index in [1.54, 1.807) is 0 Å². The minimum absolute atomic E-state index is 0. The standard InChI is InChI=1S/C16H28N4S.HI/c1-13(2)15(20-14-8-6-5-7-9-14)12-19-16(17-3)18-10-11-21-4;/h5-9,13,15,20H,10-12H2,1-4H3,(H2,17,18,19);1H. The molecule has 1 atom stereocenters. The van der Waals surface area contributed by atoms with Crippen LogP contribution in [0.5, 0.6) is 0 Å². The van der Waals surface area contributed by atoms with Crippen LogP contribution in [0.15, 0.2) is 35.3 Å². The summed E-state index contributed by atoms with van der Waals surface area (Å²) in [5, 5.41) is 10.3. The van der Waals surface area contributed by atoms with Crippen molar-refractivity contribution < 1.29 is 0 Å². The molecule has 0 saturated carbocycles. The predicted molar refractivity (Wildman–Crippen MR) is 112 cm³/mol. The van der Waals surface area contributed by atoms with Crippen molar-refractivity contribution in [2.75, 3.05) is 37.5 Å². The van der Waals surface area contributed by atoms with Crippen molar-refractivity contribution in [3.63, 3.8) is 0 Å². The molecule has 0 spiro atoms. The second kappa shape index (κ2) is 12.9. The average molecular weight is 436 g/mol. The zero-order chi connectivity index (χ0) is 15.5. The Morgan fingerprint density at radius 1 is 1.18 bits per heavy atom. The smallest absolute Gasteiger partial charge is 0.191 e. The van der Waals surface area contributed by atoms with Crippen molar-refractivity contribution in [2.24, 2.45) is 10.9 Å². The number of guanidine groups is 1. The number of hydrogen-bond donors (Lipinski definition) is 3. The van der Waals surface area contributed by atoms with Crippen LogP contribution in [-0.2, 0) is 0 Å². The molecule has 22 heavy (non-hydrogen) atoms. The van der Waals surface area contributed by atoms with Crippen molar-refractivity contribution in [3.05, 3.63) is 30.3 Å². The SMILES string of the molecule is CN=C(NCCSC)NCC(Nc1ccccc1)C(C)C.I. The third kappa shape index (κ3) is 8.73. The molecule has 1 aromatic rings. The Hall–Kier alpha value is -0.630. The summed E-state index contributed by atoms with van der Waals surface area (Å²) in [6, 6.07) is 10.7. The van der Waals surface area contributed by atoms with Crippen LogP contribution in [0.2, 0.25) is 0 Å². The maximum absolute atomic E-state index is 4.26. The molecule has 1 rings (SSSR count). The second-order valence-electron chi connectivity index (χ2n) is 5.23. The zero-order valence-electron chi connectivity index (χ0n) is 13.9. The summed E-state index contributed by atoms with van der Waals surface area (Å²) < 4.78 is 0. The van der Waals surface area contributed by atoms with Crippen molar-refractivity contribution in [1.29, 1.82) is 0 Å². The van der Waals surface area contributed by atoms with Crippen molar-refractivity contribution in [3.8, 4) is 0 Å². The van der Waals surface area contributed by atoms with Gasteiger partial charge >= 0.3 is 0 Å². The summed E-state index contributed by atoms with van der Waals surface area (Å²) in [6.45, 7) is 6.23. The Morgan fingerprint density at radius 2 is 1.86 bits per heavy atom. The number of aliphatic imine (C=N–C) groups is 1. The number of rotatable bonds is 8. The number of para-hydroxylation sites is 1. The van der Waals surface area contributed by atoms with E-state index in [0.29, 0.717) is 12.0 Å². The van der Waals surface area contributed by atoms with Crippen LogP contribution >= 0.6 is 35.7 Å². The van der Waals surface area contributed by atoms with E-state index >= 15 is 0 Å². The Morgan fingerprint density at radius 3 is 2.41 bits per heavy atom. The largest absolute Gasteiger partial charge is 0.380 e. The highest BCUT2D eigenvalue weighted by atomic mass is 127. The van der Waals surface area contributed by atoms with Gasteiger partial charge < -0.3 is 16.0 Å². The molecule has 0 heterocycles. The number of anilines is 1. The van der Waals surface area contributed by atoms with Gasteiger partial charge in [-0.2, -0.15) is 11.8 Å². The summed E-state index contributed by atoms with van der Waals surface area (Å²) in [5.41, 5.74) is 1.16. The lowest BCUT2D eigenvalue weighted by Crippen LogP contribution is -2.45. The lowest BCUT2D eigenvalue weighted by molar-refractivity contribution is 0.513. The molecule has 0 amide bonds. The normalized spacial score (nSPS) is 12.5. The van der Waals surface area contributed by atoms with E-state index < -0.39 is 0 Å². The molecular formula is C16H29IN4S. The second-order valence-corrected chi connectivity index (χ2v) is 6.22. The fourth-order valence-corrected chi connectivity index (χ4v) is 2.21. The van der Waals surface area contributed by atoms with Crippen LogP contribution in [0.4, 0.5) is 5.69 Å². The third-order valence-electron chi connectivity index (χ3n) is 3.24. The highest BCUT2D eigenvalue weighted by Crippen LogP contribution is 2.11. The molecule has 6 heteroatoms. The molecule has 0 saturated heterocycles. The van der Waals surface area contributed by atoms with E-state index in [1.165, 1.54) is 0 Å². The molecule has 3 N–H and O–H groups in total. The molecule has 0 aliphatic carbocycles. The molecule has 0 aliphatic heterocycles. The van der Waals surface area contributed by atoms with Crippen LogP contribution in [-0.4, -0.2) is 44.1 Å². The maximum atomic E-state index is 4.26. The van der Waals surface area contributed by atoms with Gasteiger partial charge in [0, 0.05) is 37.6 Å². The van der Waals surface area contributed by atoms with Crippen LogP contribution in [0.3, 0.4) is 0 Å². The predicted octanol–water partition coefficient (Wildman–Crippen LogP) is 3.27. The Labute approximate surface area is 156 Å². The fraction of sp³-hybridized carbons (Fsp3) is 0.562. The van der Waals surface area contributed by atoms with Gasteiger partial charge in [-0.1, -0.05) is 32.0 Å². The number of nitrogens with zero attached hydrogens (tertiary/aromatic N) is 1. The lowest BCUT2D eigenvalue weighted by Gasteiger charge is -2.25. The van der Waals surface area contributed by atoms with Gasteiger partial charge in [-0.25, -0.2) is 0 Å². The van der Waals surface area contributed by atoms with Crippen LogP contribution < -0.4 is 16.0 Å². The number of hydrogen-bond acceptors (Lipinski definition) is 3. The molecule has 1 aromatic carbocycles. The molecule has 0 aromatic heterocycles. The van der Waals surface area contributed by atoms with Crippen LogP contribution in [0.1, 0.15) is 13.8 Å². The highest BCUT2D eigenvalue weighted by molar-refractivity contribution is 14.0. The van der Waals surface area contributed by atoms with Crippen LogP contribution in [0, 0.1) is 5.92 Å². The van der Waals surface area contributed by atoms with Gasteiger partial charge in [-0.05, 0) is 24.3 Å². The zero-order valence-corrected chi connectivity index (χ0v) is 17.1. The molecule has 0 bridgehead atoms. The maximum Gasteiger partial charge on any atom is 0.191 e. The summed E-state index contributed by atoms with van der Waals surface area (Å²) in [4.78, 5) is 4.26. The molecule has 126 valence electrons. The van der Waals surface area contributed by atoms with Gasteiger partial charge in [-0.15, -0.1) is 24.0 Å². The van der Waals surface area contributed by atoms with Crippen molar-refractivity contribution in [2.45, 2.75) is 19.9 Å². The number of thioether (sulfide) groups is 1. The van der Waals surface area contributed by atoms with Crippen molar-refractivity contribution >= 4 is 47.4 Å². The molecule has 0 radical (unpaired) electrons. The van der Waals surface area contributed by atoms with Gasteiger partial charge in [0.05, 0.1) is 0 Å². The van der Waals surface area contributed by atoms with Crippen LogP contribution in [0.25, 0.3) is 0 Å². The van der Waals surface area contributed by atoms with E-state index in [9.17, 15) is 0 Å². The van der Waals surface area contributed by atoms with E-state index in [4.69, 9.17) is 0 Å². The monoisotopic (exact) mass is 436 g/mol. The van der Waals surface area contributed by atoms with E-state index in [0.717, 1.165) is 30.5 Å². The van der Waals surface area contributed by atoms with Gasteiger partial charge in [0.25, 0.3) is 0 Å². The Balaban J connectivity index is 0.00000441. The van der Waals surface area contributed by atoms with Gasteiger partial charge in [0.15, 0.2) is 5.96 Å². The summed E-state index contributed by atoms with van der Waals surface area (Å²) in [6.07, 6.45) is 2.11. The molecular weight excluding hydrogens is 407 g/mol. The van der Waals surface area contributed by atoms with Crippen molar-refractivity contribution in [1.82, 2.24) is 10.6 Å². The topological polar surface area (TPSA) is 48.5 Å². The first-order valence-corrected chi connectivity index (χ1v) is 8.81. The molecule has 0 fully saturated rings. The minimum Gasteiger partial charge on any atom is -0.380 e. The fourth-order valence-electron chi connectivity index (χ4n) is 1.90. The van der Waals surface area contributed by atoms with E-state index in [1.807, 2.05) is 24.9 Å². The third-order valence-corrected chi connectivity index (χ3v) is 3.85. The highest BCUT2D eigenvalue weighted by Gasteiger charge is 2.13. The summed E-state index contributed by atoms with van der Waals surface area (Å²) in [5.74, 6) is 2.47. The van der Waals surface area contributed by atoms with Gasteiger partial charge in [-0.3, -0.25) is 4.99 Å². The van der Waals surface area contributed by atoms with E-state index in [2.05, 4.69) is 65.3 Å². The van der Waals surface area contributed by atoms with E-state index in [-0.39, 0.29) is 24.0 Å². The molecule has 0 aliphatic rings. The average Bonchev–Trinajstić information content (AvgIpc) is 2.50. The first-order chi connectivity index (χ1) is 10.2. The lowest BCUT2D eigenvalue weighted by atomic mass is 10.0. The first kappa shape index (κ1) is 21.4. The quantitative estimate of drug-likeness (QED) is 0.254. The number of nitrogens with one attached hydrogen (secondary N) is 3. The summed E-state index contributed by atoms with van der Waals surface area (Å²) in [7, 11) is 1.81. The summed E-state index contributed by atoms with van der Waals surface area (Å²) >= 11 is 1.83. The Kier molecular flexibility index (Phi) is 12.5.